The minimum Gasteiger partial charge on any atom is -0.492 e. The highest BCUT2D eigenvalue weighted by Gasteiger charge is 2.01. The zero-order chi connectivity index (χ0) is 12.1. The molecule has 0 unspecified atom stereocenters. The number of benzene rings is 1. The van der Waals surface area contributed by atoms with Crippen molar-refractivity contribution >= 4 is 5.69 Å². The third-order valence-corrected chi connectivity index (χ3v) is 2.49. The average Bonchev–Trinajstić information content (AvgIpc) is 2.79. The summed E-state index contributed by atoms with van der Waals surface area (Å²) in [5, 5.41) is 7.88. The first-order valence-corrected chi connectivity index (χ1v) is 5.64. The van der Waals surface area contributed by atoms with Crippen LogP contribution in [0.2, 0.25) is 0 Å². The van der Waals surface area contributed by atoms with Crippen molar-refractivity contribution in [1.82, 2.24) is 14.8 Å². The number of rotatable bonds is 5. The van der Waals surface area contributed by atoms with Crippen molar-refractivity contribution < 1.29 is 4.74 Å². The van der Waals surface area contributed by atoms with Gasteiger partial charge in [0.25, 0.3) is 0 Å². The Morgan fingerprint density at radius 3 is 2.76 bits per heavy atom. The van der Waals surface area contributed by atoms with E-state index in [1.165, 1.54) is 0 Å². The molecule has 0 saturated heterocycles. The molecule has 0 aliphatic heterocycles. The summed E-state index contributed by atoms with van der Waals surface area (Å²) in [4.78, 5) is 0. The molecule has 90 valence electrons. The van der Waals surface area contributed by atoms with Crippen molar-refractivity contribution in [2.75, 3.05) is 12.3 Å². The fourth-order valence-electron chi connectivity index (χ4n) is 1.57. The van der Waals surface area contributed by atoms with E-state index in [1.807, 2.05) is 28.8 Å². The quantitative estimate of drug-likeness (QED) is 0.793. The molecule has 0 saturated carbocycles. The predicted molar refractivity (Wildman–Crippen MR) is 65.7 cm³/mol. The molecule has 2 N–H and O–H groups in total. The Balaban J connectivity index is 1.85. The van der Waals surface area contributed by atoms with E-state index in [-0.39, 0.29) is 0 Å². The highest BCUT2D eigenvalue weighted by molar-refractivity contribution is 5.41. The van der Waals surface area contributed by atoms with Crippen molar-refractivity contribution in [3.8, 4) is 5.75 Å². The van der Waals surface area contributed by atoms with E-state index in [1.54, 1.807) is 6.33 Å². The molecule has 0 aliphatic carbocycles. The van der Waals surface area contributed by atoms with Crippen LogP contribution in [-0.4, -0.2) is 21.4 Å². The molecule has 0 spiro atoms. The largest absolute Gasteiger partial charge is 0.492 e. The maximum absolute atomic E-state index is 5.60. The average molecular weight is 232 g/mol. The van der Waals surface area contributed by atoms with Gasteiger partial charge in [0.2, 0.25) is 0 Å². The molecule has 2 rings (SSSR count). The SMILES string of the molecule is CCc1nncn1CCOc1ccc(N)cc1. The smallest absolute Gasteiger partial charge is 0.132 e. The highest BCUT2D eigenvalue weighted by atomic mass is 16.5. The van der Waals surface area contributed by atoms with Gasteiger partial charge in [-0.3, -0.25) is 0 Å². The fourth-order valence-corrected chi connectivity index (χ4v) is 1.57. The first kappa shape index (κ1) is 11.4. The molecule has 0 bridgehead atoms. The molecule has 0 atom stereocenters. The second kappa shape index (κ2) is 5.34. The molecule has 1 aromatic carbocycles. The van der Waals surface area contributed by atoms with Gasteiger partial charge in [0.15, 0.2) is 0 Å². The summed E-state index contributed by atoms with van der Waals surface area (Å²) in [5.41, 5.74) is 6.33. The second-order valence-electron chi connectivity index (χ2n) is 3.71. The molecular weight excluding hydrogens is 216 g/mol. The summed E-state index contributed by atoms with van der Waals surface area (Å²) in [6.07, 6.45) is 2.60. The van der Waals surface area contributed by atoms with Gasteiger partial charge in [-0.1, -0.05) is 6.92 Å². The van der Waals surface area contributed by atoms with E-state index < -0.39 is 0 Å². The molecule has 1 aromatic heterocycles. The van der Waals surface area contributed by atoms with Crippen LogP contribution in [0.25, 0.3) is 0 Å². The Bertz CT molecular complexity index is 464. The summed E-state index contributed by atoms with van der Waals surface area (Å²) in [5.74, 6) is 1.80. The summed E-state index contributed by atoms with van der Waals surface area (Å²) in [7, 11) is 0. The van der Waals surface area contributed by atoms with E-state index in [0.29, 0.717) is 6.61 Å². The molecule has 0 amide bonds. The number of nitrogens with two attached hydrogens (primary N) is 1. The lowest BCUT2D eigenvalue weighted by Crippen LogP contribution is -2.10. The molecule has 0 radical (unpaired) electrons. The molecule has 0 aliphatic rings. The third-order valence-electron chi connectivity index (χ3n) is 2.49. The van der Waals surface area contributed by atoms with E-state index in [0.717, 1.165) is 30.2 Å². The van der Waals surface area contributed by atoms with Gasteiger partial charge in [-0.15, -0.1) is 10.2 Å². The topological polar surface area (TPSA) is 66.0 Å². The van der Waals surface area contributed by atoms with Crippen LogP contribution in [0.5, 0.6) is 5.75 Å². The Labute approximate surface area is 100 Å². The number of nitrogen functional groups attached to an aromatic ring is 1. The normalized spacial score (nSPS) is 10.4. The third kappa shape index (κ3) is 2.96. The highest BCUT2D eigenvalue weighted by Crippen LogP contribution is 2.13. The van der Waals surface area contributed by atoms with Gasteiger partial charge < -0.3 is 15.0 Å². The minimum absolute atomic E-state index is 0.592. The van der Waals surface area contributed by atoms with Crippen LogP contribution in [0.1, 0.15) is 12.7 Å². The predicted octanol–water partition coefficient (Wildman–Crippen LogP) is 1.50. The standard InChI is InChI=1S/C12H16N4O/c1-2-12-15-14-9-16(12)7-8-17-11-5-3-10(13)4-6-11/h3-6,9H,2,7-8,13H2,1H3. The van der Waals surface area contributed by atoms with Crippen LogP contribution in [0.4, 0.5) is 5.69 Å². The molecule has 5 nitrogen and oxygen atoms in total. The van der Waals surface area contributed by atoms with Crippen LogP contribution in [-0.2, 0) is 13.0 Å². The van der Waals surface area contributed by atoms with Crippen molar-refractivity contribution in [1.29, 1.82) is 0 Å². The van der Waals surface area contributed by atoms with E-state index in [2.05, 4.69) is 17.1 Å². The molecule has 2 aromatic rings. The van der Waals surface area contributed by atoms with Crippen molar-refractivity contribution in [2.24, 2.45) is 0 Å². The Kier molecular flexibility index (Phi) is 3.59. The zero-order valence-electron chi connectivity index (χ0n) is 9.84. The van der Waals surface area contributed by atoms with Gasteiger partial charge in [0, 0.05) is 12.1 Å². The molecule has 1 heterocycles. The fraction of sp³-hybridized carbons (Fsp3) is 0.333. The summed E-state index contributed by atoms with van der Waals surface area (Å²) in [6, 6.07) is 7.38. The minimum atomic E-state index is 0.592. The molecule has 0 fully saturated rings. The van der Waals surface area contributed by atoms with E-state index in [9.17, 15) is 0 Å². The monoisotopic (exact) mass is 232 g/mol. The lowest BCUT2D eigenvalue weighted by atomic mass is 10.3. The van der Waals surface area contributed by atoms with Gasteiger partial charge in [-0.25, -0.2) is 0 Å². The number of nitrogens with zero attached hydrogens (tertiary/aromatic N) is 3. The van der Waals surface area contributed by atoms with Crippen molar-refractivity contribution in [2.45, 2.75) is 19.9 Å². The maximum Gasteiger partial charge on any atom is 0.132 e. The van der Waals surface area contributed by atoms with Crippen molar-refractivity contribution in [3.05, 3.63) is 36.4 Å². The van der Waals surface area contributed by atoms with Gasteiger partial charge in [0.1, 0.15) is 24.5 Å². The van der Waals surface area contributed by atoms with Crippen LogP contribution in [0, 0.1) is 0 Å². The van der Waals surface area contributed by atoms with Crippen molar-refractivity contribution in [3.63, 3.8) is 0 Å². The zero-order valence-corrected chi connectivity index (χ0v) is 9.84. The lowest BCUT2D eigenvalue weighted by molar-refractivity contribution is 0.296. The molecule has 17 heavy (non-hydrogen) atoms. The lowest BCUT2D eigenvalue weighted by Gasteiger charge is -2.08. The second-order valence-corrected chi connectivity index (χ2v) is 3.71. The number of hydrogen-bond donors (Lipinski definition) is 1. The number of anilines is 1. The van der Waals surface area contributed by atoms with Gasteiger partial charge in [0.05, 0.1) is 6.54 Å². The van der Waals surface area contributed by atoms with Crippen LogP contribution in [0.15, 0.2) is 30.6 Å². The van der Waals surface area contributed by atoms with Crippen LogP contribution >= 0.6 is 0 Å². The molecule has 5 heteroatoms. The summed E-state index contributed by atoms with van der Waals surface area (Å²) >= 11 is 0. The number of aryl methyl sites for hydroxylation is 1. The van der Waals surface area contributed by atoms with Crippen LogP contribution in [0.3, 0.4) is 0 Å². The maximum atomic E-state index is 5.60. The van der Waals surface area contributed by atoms with E-state index >= 15 is 0 Å². The first-order chi connectivity index (χ1) is 8.29. The Morgan fingerprint density at radius 2 is 2.06 bits per heavy atom. The number of hydrogen-bond acceptors (Lipinski definition) is 4. The number of aromatic nitrogens is 3. The summed E-state index contributed by atoms with van der Waals surface area (Å²) < 4.78 is 7.60. The van der Waals surface area contributed by atoms with Crippen LogP contribution < -0.4 is 10.5 Å². The Hall–Kier alpha value is -2.04. The van der Waals surface area contributed by atoms with E-state index in [4.69, 9.17) is 10.5 Å². The first-order valence-electron chi connectivity index (χ1n) is 5.64. The number of ether oxygens (including phenoxy) is 1. The van der Waals surface area contributed by atoms with Gasteiger partial charge in [-0.2, -0.15) is 0 Å². The summed E-state index contributed by atoms with van der Waals surface area (Å²) in [6.45, 7) is 3.40. The molecular formula is C12H16N4O. The van der Waals surface area contributed by atoms with Gasteiger partial charge >= 0.3 is 0 Å². The van der Waals surface area contributed by atoms with Gasteiger partial charge in [-0.05, 0) is 24.3 Å². The Morgan fingerprint density at radius 1 is 1.29 bits per heavy atom.